The number of hydrogen-bond donors (Lipinski definition) is 1. The van der Waals surface area contributed by atoms with E-state index in [-0.39, 0.29) is 17.4 Å². The fourth-order valence-corrected chi connectivity index (χ4v) is 4.97. The summed E-state index contributed by atoms with van der Waals surface area (Å²) in [5.41, 5.74) is 1.73. The van der Waals surface area contributed by atoms with E-state index in [1.54, 1.807) is 56.2 Å². The fourth-order valence-electron chi connectivity index (χ4n) is 3.76. The van der Waals surface area contributed by atoms with E-state index in [2.05, 4.69) is 4.72 Å². The summed E-state index contributed by atoms with van der Waals surface area (Å²) < 4.78 is 40.0. The molecule has 0 unspecified atom stereocenters. The Morgan fingerprint density at radius 3 is 2.39 bits per heavy atom. The van der Waals surface area contributed by atoms with Crippen molar-refractivity contribution in [3.05, 3.63) is 41.5 Å². The van der Waals surface area contributed by atoms with Crippen molar-refractivity contribution in [1.82, 2.24) is 0 Å². The molecule has 8 heteroatoms. The quantitative estimate of drug-likeness (QED) is 0.716. The Balaban J connectivity index is 1.99. The van der Waals surface area contributed by atoms with E-state index in [1.165, 1.54) is 0 Å². The van der Waals surface area contributed by atoms with Gasteiger partial charge in [0.25, 0.3) is 10.0 Å². The van der Waals surface area contributed by atoms with Gasteiger partial charge in [0, 0.05) is 6.54 Å². The molecular weight excluding hydrogens is 416 g/mol. The Morgan fingerprint density at radius 2 is 1.81 bits per heavy atom. The van der Waals surface area contributed by atoms with Crippen molar-refractivity contribution in [3.8, 4) is 11.5 Å². The molecule has 0 atom stereocenters. The summed E-state index contributed by atoms with van der Waals surface area (Å²) >= 11 is 0. The molecule has 168 valence electrons. The van der Waals surface area contributed by atoms with Crippen LogP contribution in [0.5, 0.6) is 11.5 Å². The number of amides is 1. The lowest BCUT2D eigenvalue weighted by Crippen LogP contribution is -2.42. The van der Waals surface area contributed by atoms with Gasteiger partial charge in [-0.25, -0.2) is 8.42 Å². The van der Waals surface area contributed by atoms with E-state index in [0.29, 0.717) is 29.4 Å². The molecule has 7 nitrogen and oxygen atoms in total. The minimum Gasteiger partial charge on any atom is -0.496 e. The summed E-state index contributed by atoms with van der Waals surface area (Å²) in [6.45, 7) is 10.1. The number of methoxy groups -OCH3 is 1. The summed E-state index contributed by atoms with van der Waals surface area (Å²) in [6.07, 6.45) is 0.765. The van der Waals surface area contributed by atoms with Gasteiger partial charge in [0.1, 0.15) is 18.1 Å². The lowest BCUT2D eigenvalue weighted by Gasteiger charge is -2.28. The third kappa shape index (κ3) is 4.49. The lowest BCUT2D eigenvalue weighted by molar-refractivity contribution is -0.127. The predicted octanol–water partition coefficient (Wildman–Crippen LogP) is 4.27. The van der Waals surface area contributed by atoms with E-state index in [9.17, 15) is 13.2 Å². The molecule has 2 aromatic rings. The molecular formula is C23H30N2O5S. The van der Waals surface area contributed by atoms with Gasteiger partial charge in [0.2, 0.25) is 5.91 Å². The molecule has 0 aromatic heterocycles. The van der Waals surface area contributed by atoms with Crippen molar-refractivity contribution in [2.24, 2.45) is 5.41 Å². The van der Waals surface area contributed by atoms with Gasteiger partial charge in [0.15, 0.2) is 0 Å². The summed E-state index contributed by atoms with van der Waals surface area (Å²) in [6, 6.07) is 8.17. The number of hydrogen-bond acceptors (Lipinski definition) is 5. The molecule has 1 heterocycles. The number of benzene rings is 2. The smallest absolute Gasteiger partial charge is 0.261 e. The molecule has 1 amide bonds. The van der Waals surface area contributed by atoms with Crippen LogP contribution in [0, 0.1) is 19.3 Å². The SMILES string of the molecule is CCCN1C(=O)C(C)(C)COc2ccc(NS(=O)(=O)c3cc(C)c(OC)c(C)c3)cc21. The molecule has 0 saturated carbocycles. The summed E-state index contributed by atoms with van der Waals surface area (Å²) in [7, 11) is -2.28. The molecule has 2 aromatic carbocycles. The van der Waals surface area contributed by atoms with Gasteiger partial charge in [-0.2, -0.15) is 0 Å². The van der Waals surface area contributed by atoms with Gasteiger partial charge < -0.3 is 14.4 Å². The number of aryl methyl sites for hydroxylation is 2. The number of rotatable bonds is 6. The highest BCUT2D eigenvalue weighted by Gasteiger charge is 2.37. The van der Waals surface area contributed by atoms with Gasteiger partial charge in [-0.1, -0.05) is 6.92 Å². The van der Waals surface area contributed by atoms with Crippen LogP contribution in [-0.4, -0.2) is 34.6 Å². The van der Waals surface area contributed by atoms with Gasteiger partial charge in [-0.05, 0) is 75.6 Å². The highest BCUT2D eigenvalue weighted by Crippen LogP contribution is 2.39. The summed E-state index contributed by atoms with van der Waals surface area (Å²) in [5, 5.41) is 0. The van der Waals surface area contributed by atoms with Crippen LogP contribution in [0.15, 0.2) is 35.2 Å². The number of fused-ring (bicyclic) bond motifs is 1. The Kier molecular flexibility index (Phi) is 6.23. The first-order chi connectivity index (χ1) is 14.5. The van der Waals surface area contributed by atoms with Crippen molar-refractivity contribution in [1.29, 1.82) is 0 Å². The van der Waals surface area contributed by atoms with Crippen LogP contribution in [0.4, 0.5) is 11.4 Å². The first-order valence-electron chi connectivity index (χ1n) is 10.3. The van der Waals surface area contributed by atoms with Gasteiger partial charge in [-0.3, -0.25) is 9.52 Å². The van der Waals surface area contributed by atoms with Crippen molar-refractivity contribution in [3.63, 3.8) is 0 Å². The summed E-state index contributed by atoms with van der Waals surface area (Å²) in [5.74, 6) is 1.18. The number of anilines is 2. The van der Waals surface area contributed by atoms with Crippen molar-refractivity contribution in [2.45, 2.75) is 45.9 Å². The van der Waals surface area contributed by atoms with E-state index in [1.807, 2.05) is 20.8 Å². The van der Waals surface area contributed by atoms with Crippen LogP contribution in [0.25, 0.3) is 0 Å². The normalized spacial score (nSPS) is 15.7. The van der Waals surface area contributed by atoms with Crippen LogP contribution in [0.1, 0.15) is 38.3 Å². The largest absolute Gasteiger partial charge is 0.496 e. The molecule has 0 fully saturated rings. The topological polar surface area (TPSA) is 84.9 Å². The Bertz CT molecular complexity index is 1090. The van der Waals surface area contributed by atoms with Crippen LogP contribution < -0.4 is 19.1 Å². The predicted molar refractivity (Wildman–Crippen MR) is 122 cm³/mol. The first-order valence-corrected chi connectivity index (χ1v) is 11.8. The molecule has 0 bridgehead atoms. The van der Waals surface area contributed by atoms with Crippen molar-refractivity contribution < 1.29 is 22.7 Å². The molecule has 0 saturated heterocycles. The fraction of sp³-hybridized carbons (Fsp3) is 0.435. The molecule has 1 aliphatic heterocycles. The third-order valence-corrected chi connectivity index (χ3v) is 6.67. The molecule has 1 N–H and O–H groups in total. The van der Waals surface area contributed by atoms with Gasteiger partial charge >= 0.3 is 0 Å². The van der Waals surface area contributed by atoms with Crippen molar-refractivity contribution in [2.75, 3.05) is 29.9 Å². The Morgan fingerprint density at radius 1 is 1.16 bits per heavy atom. The zero-order chi connectivity index (χ0) is 23.0. The average molecular weight is 447 g/mol. The van der Waals surface area contributed by atoms with E-state index in [0.717, 1.165) is 17.5 Å². The number of sulfonamides is 1. The van der Waals surface area contributed by atoms with Crippen LogP contribution >= 0.6 is 0 Å². The van der Waals surface area contributed by atoms with Crippen molar-refractivity contribution >= 4 is 27.3 Å². The molecule has 1 aliphatic rings. The lowest BCUT2D eigenvalue weighted by atomic mass is 9.93. The molecule has 0 spiro atoms. The zero-order valence-electron chi connectivity index (χ0n) is 18.9. The molecule has 0 aliphatic carbocycles. The molecule has 0 radical (unpaired) electrons. The number of nitrogens with zero attached hydrogens (tertiary/aromatic N) is 1. The Labute approximate surface area is 184 Å². The molecule has 31 heavy (non-hydrogen) atoms. The highest BCUT2D eigenvalue weighted by atomic mass is 32.2. The zero-order valence-corrected chi connectivity index (χ0v) is 19.7. The molecule has 3 rings (SSSR count). The second kappa shape index (κ2) is 8.42. The summed E-state index contributed by atoms with van der Waals surface area (Å²) in [4.78, 5) is 14.9. The van der Waals surface area contributed by atoms with Gasteiger partial charge in [-0.15, -0.1) is 0 Å². The van der Waals surface area contributed by atoms with E-state index < -0.39 is 15.4 Å². The van der Waals surface area contributed by atoms with E-state index in [4.69, 9.17) is 9.47 Å². The highest BCUT2D eigenvalue weighted by molar-refractivity contribution is 7.92. The maximum atomic E-state index is 13.1. The monoisotopic (exact) mass is 446 g/mol. The number of carbonyl (C=O) groups excluding carboxylic acids is 1. The minimum absolute atomic E-state index is 0.0467. The van der Waals surface area contributed by atoms with E-state index >= 15 is 0 Å². The third-order valence-electron chi connectivity index (χ3n) is 5.31. The van der Waals surface area contributed by atoms with Crippen LogP contribution in [0.2, 0.25) is 0 Å². The second-order valence-corrected chi connectivity index (χ2v) is 10.2. The number of carbonyl (C=O) groups is 1. The standard InChI is InChI=1S/C23H30N2O5S/c1-7-10-25-19-13-17(8-9-20(19)30-14-23(4,5)22(25)26)24-31(27,28)18-11-15(2)21(29-6)16(3)12-18/h8-9,11-13,24H,7,10,14H2,1-6H3. The van der Waals surface area contributed by atoms with Crippen LogP contribution in [0.3, 0.4) is 0 Å². The maximum absolute atomic E-state index is 13.1. The van der Waals surface area contributed by atoms with Crippen LogP contribution in [-0.2, 0) is 14.8 Å². The average Bonchev–Trinajstić information content (AvgIpc) is 2.78. The van der Waals surface area contributed by atoms with Gasteiger partial charge in [0.05, 0.1) is 28.8 Å². The Hall–Kier alpha value is -2.74. The first kappa shape index (κ1) is 22.9. The number of ether oxygens (including phenoxy) is 2. The minimum atomic E-state index is -3.83. The number of nitrogens with one attached hydrogen (secondary N) is 1. The maximum Gasteiger partial charge on any atom is 0.261 e. The second-order valence-electron chi connectivity index (χ2n) is 8.51.